The number of hydrogen-bond acceptors (Lipinski definition) is 4. The molecule has 4 nitrogen and oxygen atoms in total. The first-order chi connectivity index (χ1) is 9.58. The third kappa shape index (κ3) is 2.27. The maximum Gasteiger partial charge on any atom is 0.131 e. The molecule has 0 spiro atoms. The van der Waals surface area contributed by atoms with Gasteiger partial charge in [-0.3, -0.25) is 0 Å². The van der Waals surface area contributed by atoms with E-state index < -0.39 is 0 Å². The van der Waals surface area contributed by atoms with Crippen molar-refractivity contribution >= 4 is 74.6 Å². The van der Waals surface area contributed by atoms with E-state index in [0.717, 1.165) is 11.4 Å². The van der Waals surface area contributed by atoms with Crippen LogP contribution in [0.1, 0.15) is 0 Å². The van der Waals surface area contributed by atoms with Gasteiger partial charge in [-0.25, -0.2) is 0 Å². The maximum atomic E-state index is 6.22. The first-order valence-electron chi connectivity index (χ1n) is 5.49. The SMILES string of the molecule is Nc1c(Cl)cccc1Nc1c(Cl)cc(Cl)c2c1N=S=N2. The third-order valence-electron chi connectivity index (χ3n) is 2.76. The summed E-state index contributed by atoms with van der Waals surface area (Å²) < 4.78 is 8.36. The fraction of sp³-hybridized carbons (Fsp3) is 0. The summed E-state index contributed by atoms with van der Waals surface area (Å²) in [6, 6.07) is 6.93. The highest BCUT2D eigenvalue weighted by Gasteiger charge is 2.19. The molecule has 20 heavy (non-hydrogen) atoms. The Labute approximate surface area is 133 Å². The number of para-hydroxylation sites is 1. The highest BCUT2D eigenvalue weighted by molar-refractivity contribution is 7.58. The minimum atomic E-state index is 0.439. The molecule has 0 saturated heterocycles. The summed E-state index contributed by atoms with van der Waals surface area (Å²) in [4.78, 5) is 0. The molecule has 102 valence electrons. The van der Waals surface area contributed by atoms with Crippen molar-refractivity contribution in [2.45, 2.75) is 0 Å². The van der Waals surface area contributed by atoms with E-state index in [0.29, 0.717) is 43.5 Å². The van der Waals surface area contributed by atoms with Crippen molar-refractivity contribution in [1.82, 2.24) is 0 Å². The zero-order valence-electron chi connectivity index (χ0n) is 9.82. The zero-order chi connectivity index (χ0) is 14.3. The zero-order valence-corrected chi connectivity index (χ0v) is 12.9. The number of benzene rings is 2. The van der Waals surface area contributed by atoms with E-state index in [1.54, 1.807) is 24.3 Å². The Balaban J connectivity index is 2.11. The summed E-state index contributed by atoms with van der Waals surface area (Å²) in [5.41, 5.74) is 8.83. The van der Waals surface area contributed by atoms with E-state index in [1.807, 2.05) is 0 Å². The predicted molar refractivity (Wildman–Crippen MR) is 87.2 cm³/mol. The minimum absolute atomic E-state index is 0.439. The van der Waals surface area contributed by atoms with Crippen LogP contribution in [0.2, 0.25) is 15.1 Å². The normalized spacial score (nSPS) is 12.2. The lowest BCUT2D eigenvalue weighted by molar-refractivity contribution is 1.49. The molecule has 1 aliphatic rings. The van der Waals surface area contributed by atoms with Crippen molar-refractivity contribution < 1.29 is 0 Å². The van der Waals surface area contributed by atoms with Crippen LogP contribution in [-0.4, -0.2) is 0 Å². The average molecular weight is 346 g/mol. The van der Waals surface area contributed by atoms with Crippen LogP contribution in [0, 0.1) is 0 Å². The largest absolute Gasteiger partial charge is 0.396 e. The molecular weight excluding hydrogens is 339 g/mol. The van der Waals surface area contributed by atoms with Gasteiger partial charge in [-0.2, -0.15) is 8.73 Å². The summed E-state index contributed by atoms with van der Waals surface area (Å²) in [5.74, 6) is 0. The van der Waals surface area contributed by atoms with Gasteiger partial charge in [-0.05, 0) is 18.2 Å². The number of fused-ring (bicyclic) bond motifs is 1. The lowest BCUT2D eigenvalue weighted by atomic mass is 10.2. The molecular formula is C12H7Cl3N4S. The molecule has 0 fully saturated rings. The van der Waals surface area contributed by atoms with Crippen molar-refractivity contribution in [3.05, 3.63) is 39.3 Å². The maximum absolute atomic E-state index is 6.22. The van der Waals surface area contributed by atoms with Crippen LogP contribution in [0.4, 0.5) is 28.4 Å². The molecule has 0 aromatic heterocycles. The van der Waals surface area contributed by atoms with E-state index in [1.165, 1.54) is 0 Å². The van der Waals surface area contributed by atoms with Crippen LogP contribution in [0.3, 0.4) is 0 Å². The minimum Gasteiger partial charge on any atom is -0.396 e. The van der Waals surface area contributed by atoms with Crippen LogP contribution in [-0.2, 0) is 11.4 Å². The third-order valence-corrected chi connectivity index (χ3v) is 4.20. The van der Waals surface area contributed by atoms with Crippen LogP contribution >= 0.6 is 34.8 Å². The molecule has 3 rings (SSSR count). The molecule has 3 N–H and O–H groups in total. The molecule has 2 aromatic carbocycles. The molecule has 1 aliphatic heterocycles. The molecule has 0 radical (unpaired) electrons. The Kier molecular flexibility index (Phi) is 3.60. The second-order valence-electron chi connectivity index (χ2n) is 4.00. The van der Waals surface area contributed by atoms with Gasteiger partial charge in [0.05, 0.1) is 43.5 Å². The monoisotopic (exact) mass is 344 g/mol. The number of nitrogens with one attached hydrogen (secondary N) is 1. The van der Waals surface area contributed by atoms with Crippen LogP contribution in [0.5, 0.6) is 0 Å². The Morgan fingerprint density at radius 3 is 2.55 bits per heavy atom. The van der Waals surface area contributed by atoms with Crippen molar-refractivity contribution in [2.75, 3.05) is 11.1 Å². The van der Waals surface area contributed by atoms with Gasteiger partial charge in [0, 0.05) is 0 Å². The first-order valence-corrected chi connectivity index (χ1v) is 7.35. The van der Waals surface area contributed by atoms with E-state index in [9.17, 15) is 0 Å². The number of nitrogens with zero attached hydrogens (tertiary/aromatic N) is 2. The van der Waals surface area contributed by atoms with Gasteiger partial charge >= 0.3 is 0 Å². The fourth-order valence-corrected chi connectivity index (χ4v) is 3.11. The molecule has 0 unspecified atom stereocenters. The lowest BCUT2D eigenvalue weighted by Crippen LogP contribution is -1.97. The molecule has 2 aromatic rings. The van der Waals surface area contributed by atoms with Crippen LogP contribution < -0.4 is 11.1 Å². The van der Waals surface area contributed by atoms with Gasteiger partial charge in [0.15, 0.2) is 0 Å². The van der Waals surface area contributed by atoms with E-state index in [2.05, 4.69) is 14.0 Å². The molecule has 0 atom stereocenters. The number of rotatable bonds is 2. The Bertz CT molecular complexity index is 785. The Morgan fingerprint density at radius 1 is 1.00 bits per heavy atom. The van der Waals surface area contributed by atoms with Gasteiger partial charge in [0.25, 0.3) is 0 Å². The average Bonchev–Trinajstić information content (AvgIpc) is 2.89. The highest BCUT2D eigenvalue weighted by Crippen LogP contribution is 2.49. The van der Waals surface area contributed by atoms with Gasteiger partial charge in [0.2, 0.25) is 0 Å². The highest BCUT2D eigenvalue weighted by atomic mass is 35.5. The molecule has 0 aliphatic carbocycles. The molecule has 0 bridgehead atoms. The van der Waals surface area contributed by atoms with Gasteiger partial charge in [-0.1, -0.05) is 40.9 Å². The predicted octanol–water partition coefficient (Wildman–Crippen LogP) is 5.70. The van der Waals surface area contributed by atoms with Crippen LogP contribution in [0.25, 0.3) is 0 Å². The molecule has 0 amide bonds. The van der Waals surface area contributed by atoms with Crippen molar-refractivity contribution in [3.63, 3.8) is 0 Å². The molecule has 8 heteroatoms. The second-order valence-corrected chi connectivity index (χ2v) is 5.75. The number of nitrogens with two attached hydrogens (primary N) is 1. The van der Waals surface area contributed by atoms with Crippen molar-refractivity contribution in [1.29, 1.82) is 0 Å². The summed E-state index contributed by atoms with van der Waals surface area (Å²) in [6.45, 7) is 0. The van der Waals surface area contributed by atoms with Crippen LogP contribution in [0.15, 0.2) is 33.0 Å². The number of halogens is 3. The standard InChI is InChI=1S/C12H7Cl3N4S/c13-5-2-1-3-8(9(5)16)17-10-6(14)4-7(15)11-12(10)19-20-18-11/h1-4,17H,16H2. The fourth-order valence-electron chi connectivity index (χ4n) is 1.77. The molecule has 1 heterocycles. The van der Waals surface area contributed by atoms with E-state index >= 15 is 0 Å². The van der Waals surface area contributed by atoms with Gasteiger partial charge in [0.1, 0.15) is 11.4 Å². The lowest BCUT2D eigenvalue weighted by Gasteiger charge is -2.14. The summed E-state index contributed by atoms with van der Waals surface area (Å²) in [5, 5.41) is 4.51. The summed E-state index contributed by atoms with van der Waals surface area (Å²) in [7, 11) is 0. The first kappa shape index (κ1) is 13.7. The number of hydrogen-bond donors (Lipinski definition) is 2. The second kappa shape index (κ2) is 5.26. The summed E-state index contributed by atoms with van der Waals surface area (Å²) >= 11 is 19.4. The van der Waals surface area contributed by atoms with Gasteiger partial charge < -0.3 is 11.1 Å². The van der Waals surface area contributed by atoms with Crippen molar-refractivity contribution in [3.8, 4) is 0 Å². The number of anilines is 3. The van der Waals surface area contributed by atoms with E-state index in [4.69, 9.17) is 40.5 Å². The smallest absolute Gasteiger partial charge is 0.131 e. The van der Waals surface area contributed by atoms with Crippen molar-refractivity contribution in [2.24, 2.45) is 8.73 Å². The Morgan fingerprint density at radius 2 is 1.75 bits per heavy atom. The summed E-state index contributed by atoms with van der Waals surface area (Å²) in [6.07, 6.45) is 0. The Hall–Kier alpha value is -1.27. The van der Waals surface area contributed by atoms with E-state index in [-0.39, 0.29) is 0 Å². The quantitative estimate of drug-likeness (QED) is 0.585. The molecule has 0 saturated carbocycles. The topological polar surface area (TPSA) is 62.8 Å². The number of nitrogen functional groups attached to an aromatic ring is 1. The van der Waals surface area contributed by atoms with Gasteiger partial charge in [-0.15, -0.1) is 0 Å².